The average molecular weight is 350 g/mol. The fourth-order valence-corrected chi connectivity index (χ4v) is 3.81. The lowest BCUT2D eigenvalue weighted by Gasteiger charge is -2.32. The van der Waals surface area contributed by atoms with Crippen LogP contribution in [0.25, 0.3) is 0 Å². The molecule has 1 fully saturated rings. The Morgan fingerprint density at radius 1 is 1.12 bits per heavy atom. The van der Waals surface area contributed by atoms with Crippen LogP contribution in [0.15, 0.2) is 49.1 Å². The average Bonchev–Trinajstić information content (AvgIpc) is 3.32. The molecule has 0 radical (unpaired) electrons. The molecule has 1 aliphatic heterocycles. The van der Waals surface area contributed by atoms with Gasteiger partial charge < -0.3 is 4.57 Å². The van der Waals surface area contributed by atoms with Gasteiger partial charge in [-0.2, -0.15) is 5.10 Å². The van der Waals surface area contributed by atoms with Gasteiger partial charge in [-0.1, -0.05) is 30.3 Å². The molecular weight excluding hydrogens is 324 g/mol. The Balaban J connectivity index is 1.44. The van der Waals surface area contributed by atoms with Crippen molar-refractivity contribution < 1.29 is 0 Å². The second-order valence-electron chi connectivity index (χ2n) is 7.08. The van der Waals surface area contributed by atoms with Gasteiger partial charge >= 0.3 is 0 Å². The molecule has 0 amide bonds. The van der Waals surface area contributed by atoms with Crippen molar-refractivity contribution in [3.63, 3.8) is 0 Å². The molecule has 4 rings (SSSR count). The topological polar surface area (TPSA) is 51.8 Å². The summed E-state index contributed by atoms with van der Waals surface area (Å²) in [6.45, 7) is 7.01. The van der Waals surface area contributed by atoms with Crippen molar-refractivity contribution in [1.29, 1.82) is 0 Å². The Labute approximate surface area is 154 Å². The lowest BCUT2D eigenvalue weighted by Crippen LogP contribution is -2.34. The van der Waals surface area contributed by atoms with Crippen molar-refractivity contribution in [2.45, 2.75) is 45.3 Å². The summed E-state index contributed by atoms with van der Waals surface area (Å²) in [7, 11) is 0. The molecular formula is C20H26N6. The summed E-state index contributed by atoms with van der Waals surface area (Å²) >= 11 is 0. The van der Waals surface area contributed by atoms with Gasteiger partial charge in [-0.25, -0.2) is 0 Å². The minimum absolute atomic E-state index is 0.441. The largest absolute Gasteiger partial charge is 0.313 e. The molecule has 0 bridgehead atoms. The van der Waals surface area contributed by atoms with Crippen LogP contribution in [0.5, 0.6) is 0 Å². The van der Waals surface area contributed by atoms with E-state index in [0.29, 0.717) is 5.92 Å². The summed E-state index contributed by atoms with van der Waals surface area (Å²) in [6.07, 6.45) is 8.39. The van der Waals surface area contributed by atoms with Crippen molar-refractivity contribution in [3.05, 3.63) is 66.0 Å². The molecule has 6 heteroatoms. The molecule has 1 aromatic carbocycles. The summed E-state index contributed by atoms with van der Waals surface area (Å²) in [5.74, 6) is 1.55. The Bertz CT molecular complexity index is 822. The fraction of sp³-hybridized carbons (Fsp3) is 0.450. The number of benzene rings is 1. The molecule has 1 atom stereocenters. The molecule has 0 aliphatic carbocycles. The highest BCUT2D eigenvalue weighted by molar-refractivity contribution is 5.16. The van der Waals surface area contributed by atoms with Crippen molar-refractivity contribution in [2.24, 2.45) is 0 Å². The first kappa shape index (κ1) is 17.0. The van der Waals surface area contributed by atoms with E-state index >= 15 is 0 Å². The van der Waals surface area contributed by atoms with E-state index in [2.05, 4.69) is 68.2 Å². The molecule has 6 nitrogen and oxygen atoms in total. The van der Waals surface area contributed by atoms with Crippen LogP contribution < -0.4 is 0 Å². The highest BCUT2D eigenvalue weighted by atomic mass is 15.3. The molecule has 3 aromatic rings. The van der Waals surface area contributed by atoms with Gasteiger partial charge in [-0.3, -0.25) is 9.58 Å². The molecule has 26 heavy (non-hydrogen) atoms. The summed E-state index contributed by atoms with van der Waals surface area (Å²) in [5, 5.41) is 13.1. The molecule has 0 N–H and O–H groups in total. The second kappa shape index (κ2) is 7.83. The Morgan fingerprint density at radius 3 is 2.81 bits per heavy atom. The highest BCUT2D eigenvalue weighted by Gasteiger charge is 2.25. The number of nitrogens with zero attached hydrogens (tertiary/aromatic N) is 6. The van der Waals surface area contributed by atoms with Crippen LogP contribution in [-0.2, 0) is 19.6 Å². The molecule has 3 heterocycles. The van der Waals surface area contributed by atoms with Crippen molar-refractivity contribution in [1.82, 2.24) is 29.4 Å². The first-order chi connectivity index (χ1) is 12.8. The van der Waals surface area contributed by atoms with Gasteiger partial charge in [0.15, 0.2) is 0 Å². The van der Waals surface area contributed by atoms with E-state index in [4.69, 9.17) is 0 Å². The van der Waals surface area contributed by atoms with Gasteiger partial charge in [0, 0.05) is 37.3 Å². The lowest BCUT2D eigenvalue weighted by molar-refractivity contribution is 0.194. The zero-order valence-corrected chi connectivity index (χ0v) is 15.3. The third kappa shape index (κ3) is 3.85. The van der Waals surface area contributed by atoms with Gasteiger partial charge in [0.25, 0.3) is 0 Å². The number of hydrogen-bond acceptors (Lipinski definition) is 4. The van der Waals surface area contributed by atoms with Crippen LogP contribution in [0.4, 0.5) is 0 Å². The molecule has 0 saturated carbocycles. The number of aryl methyl sites for hydroxylation is 1. The third-order valence-electron chi connectivity index (χ3n) is 5.13. The molecule has 1 aliphatic rings. The van der Waals surface area contributed by atoms with Gasteiger partial charge in [0.05, 0.1) is 12.7 Å². The van der Waals surface area contributed by atoms with Crippen LogP contribution in [0.2, 0.25) is 0 Å². The monoisotopic (exact) mass is 350 g/mol. The number of piperidine rings is 1. The SMILES string of the molecule is CCn1cc(CN2CCCC(c3nncn3Cc3ccccc3)C2)cn1. The quantitative estimate of drug-likeness (QED) is 0.686. The number of aromatic nitrogens is 5. The van der Waals surface area contributed by atoms with Crippen molar-refractivity contribution >= 4 is 0 Å². The van der Waals surface area contributed by atoms with Gasteiger partial charge in [-0.15, -0.1) is 10.2 Å². The summed E-state index contributed by atoms with van der Waals surface area (Å²) in [5.41, 5.74) is 2.58. The van der Waals surface area contributed by atoms with Crippen LogP contribution in [0.3, 0.4) is 0 Å². The number of rotatable bonds is 6. The minimum Gasteiger partial charge on any atom is -0.313 e. The van der Waals surface area contributed by atoms with Crippen LogP contribution in [0.1, 0.15) is 42.6 Å². The third-order valence-corrected chi connectivity index (χ3v) is 5.13. The first-order valence-corrected chi connectivity index (χ1v) is 9.47. The summed E-state index contributed by atoms with van der Waals surface area (Å²) < 4.78 is 4.20. The summed E-state index contributed by atoms with van der Waals surface area (Å²) in [4.78, 5) is 2.52. The van der Waals surface area contributed by atoms with E-state index in [-0.39, 0.29) is 0 Å². The van der Waals surface area contributed by atoms with Gasteiger partial charge in [-0.05, 0) is 31.9 Å². The maximum absolute atomic E-state index is 4.46. The van der Waals surface area contributed by atoms with E-state index in [1.54, 1.807) is 0 Å². The van der Waals surface area contributed by atoms with E-state index < -0.39 is 0 Å². The van der Waals surface area contributed by atoms with Crippen LogP contribution in [-0.4, -0.2) is 42.5 Å². The second-order valence-corrected chi connectivity index (χ2v) is 7.08. The van der Waals surface area contributed by atoms with Crippen molar-refractivity contribution in [3.8, 4) is 0 Å². The van der Waals surface area contributed by atoms with E-state index in [0.717, 1.165) is 38.5 Å². The summed E-state index contributed by atoms with van der Waals surface area (Å²) in [6, 6.07) is 10.5. The van der Waals surface area contributed by atoms with E-state index in [1.165, 1.54) is 24.0 Å². The first-order valence-electron chi connectivity index (χ1n) is 9.47. The smallest absolute Gasteiger partial charge is 0.137 e. The molecule has 1 saturated heterocycles. The zero-order valence-electron chi connectivity index (χ0n) is 15.3. The lowest BCUT2D eigenvalue weighted by atomic mass is 9.96. The maximum atomic E-state index is 4.46. The van der Waals surface area contributed by atoms with E-state index in [1.807, 2.05) is 17.2 Å². The fourth-order valence-electron chi connectivity index (χ4n) is 3.81. The minimum atomic E-state index is 0.441. The van der Waals surface area contributed by atoms with Gasteiger partial charge in [0.1, 0.15) is 12.2 Å². The normalized spacial score (nSPS) is 18.3. The Hall–Kier alpha value is -2.47. The molecule has 136 valence electrons. The maximum Gasteiger partial charge on any atom is 0.137 e. The Kier molecular flexibility index (Phi) is 5.11. The van der Waals surface area contributed by atoms with Crippen LogP contribution in [0, 0.1) is 0 Å². The predicted molar refractivity (Wildman–Crippen MR) is 101 cm³/mol. The Morgan fingerprint density at radius 2 is 2.00 bits per heavy atom. The number of likely N-dealkylation sites (tertiary alicyclic amines) is 1. The predicted octanol–water partition coefficient (Wildman–Crippen LogP) is 2.92. The highest BCUT2D eigenvalue weighted by Crippen LogP contribution is 2.26. The van der Waals surface area contributed by atoms with E-state index in [9.17, 15) is 0 Å². The molecule has 2 aromatic heterocycles. The molecule has 1 unspecified atom stereocenters. The molecule has 0 spiro atoms. The van der Waals surface area contributed by atoms with Crippen molar-refractivity contribution in [2.75, 3.05) is 13.1 Å². The van der Waals surface area contributed by atoms with Crippen LogP contribution >= 0.6 is 0 Å². The number of hydrogen-bond donors (Lipinski definition) is 0. The van der Waals surface area contributed by atoms with Gasteiger partial charge in [0.2, 0.25) is 0 Å². The standard InChI is InChI=1S/C20H26N6/c1-2-26-14-18(11-22-26)12-24-10-6-9-19(15-24)20-23-21-16-25(20)13-17-7-4-3-5-8-17/h3-5,7-8,11,14,16,19H,2,6,9-10,12-13,15H2,1H3. The zero-order chi connectivity index (χ0) is 17.8.